The standard InChI is InChI=1S/C10H16N4O/c1-10(6-11,8-2-3-8)14-9(15)7-4-12-13-5-7/h4-5,8H,2-3,6,11H2,1H3,(H,12,13)(H,14,15). The summed E-state index contributed by atoms with van der Waals surface area (Å²) in [4.78, 5) is 11.8. The minimum absolute atomic E-state index is 0.108. The van der Waals surface area contributed by atoms with Crippen LogP contribution in [0.15, 0.2) is 12.4 Å². The van der Waals surface area contributed by atoms with Crippen LogP contribution in [0.1, 0.15) is 30.1 Å². The monoisotopic (exact) mass is 208 g/mol. The number of rotatable bonds is 4. The van der Waals surface area contributed by atoms with E-state index in [1.165, 1.54) is 6.20 Å². The maximum absolute atomic E-state index is 11.8. The van der Waals surface area contributed by atoms with Gasteiger partial charge < -0.3 is 11.1 Å². The second kappa shape index (κ2) is 3.66. The molecule has 82 valence electrons. The highest BCUT2D eigenvalue weighted by molar-refractivity contribution is 5.94. The van der Waals surface area contributed by atoms with E-state index in [0.29, 0.717) is 18.0 Å². The Kier molecular flexibility index (Phi) is 2.48. The van der Waals surface area contributed by atoms with Crippen molar-refractivity contribution in [2.24, 2.45) is 11.7 Å². The minimum Gasteiger partial charge on any atom is -0.345 e. The maximum atomic E-state index is 11.8. The number of carbonyl (C=O) groups is 1. The van der Waals surface area contributed by atoms with E-state index in [2.05, 4.69) is 15.5 Å². The first-order valence-corrected chi connectivity index (χ1v) is 5.17. The molecule has 1 unspecified atom stereocenters. The number of nitrogens with two attached hydrogens (primary N) is 1. The normalized spacial score (nSPS) is 19.6. The molecule has 15 heavy (non-hydrogen) atoms. The van der Waals surface area contributed by atoms with Gasteiger partial charge in [0.1, 0.15) is 0 Å². The highest BCUT2D eigenvalue weighted by Crippen LogP contribution is 2.39. The van der Waals surface area contributed by atoms with Gasteiger partial charge in [-0.1, -0.05) is 0 Å². The van der Waals surface area contributed by atoms with Crippen LogP contribution in [0.2, 0.25) is 0 Å². The molecule has 1 heterocycles. The van der Waals surface area contributed by atoms with E-state index in [1.54, 1.807) is 6.20 Å². The van der Waals surface area contributed by atoms with Crippen molar-refractivity contribution in [2.45, 2.75) is 25.3 Å². The van der Waals surface area contributed by atoms with Crippen LogP contribution in [0.4, 0.5) is 0 Å². The number of H-pyrrole nitrogens is 1. The molecular formula is C10H16N4O. The van der Waals surface area contributed by atoms with E-state index in [0.717, 1.165) is 12.8 Å². The van der Waals surface area contributed by atoms with Crippen LogP contribution in [0.5, 0.6) is 0 Å². The zero-order valence-corrected chi connectivity index (χ0v) is 8.79. The highest BCUT2D eigenvalue weighted by atomic mass is 16.1. The van der Waals surface area contributed by atoms with Gasteiger partial charge in [-0.25, -0.2) is 0 Å². The van der Waals surface area contributed by atoms with Crippen molar-refractivity contribution in [3.63, 3.8) is 0 Å². The lowest BCUT2D eigenvalue weighted by Crippen LogP contribution is -2.53. The molecule has 1 aliphatic rings. The number of amides is 1. The van der Waals surface area contributed by atoms with Gasteiger partial charge in [0, 0.05) is 12.7 Å². The summed E-state index contributed by atoms with van der Waals surface area (Å²) in [7, 11) is 0. The molecule has 1 fully saturated rings. The third-order valence-electron chi connectivity index (χ3n) is 3.06. The van der Waals surface area contributed by atoms with Gasteiger partial charge in [-0.15, -0.1) is 0 Å². The van der Waals surface area contributed by atoms with Crippen LogP contribution < -0.4 is 11.1 Å². The first kappa shape index (κ1) is 10.2. The van der Waals surface area contributed by atoms with Crippen molar-refractivity contribution in [2.75, 3.05) is 6.54 Å². The third-order valence-corrected chi connectivity index (χ3v) is 3.06. The molecule has 1 aliphatic carbocycles. The third kappa shape index (κ3) is 2.02. The number of aromatic nitrogens is 2. The lowest BCUT2D eigenvalue weighted by atomic mass is 9.95. The molecule has 0 saturated heterocycles. The maximum Gasteiger partial charge on any atom is 0.254 e. The molecule has 5 nitrogen and oxygen atoms in total. The average molecular weight is 208 g/mol. The number of carbonyl (C=O) groups excluding carboxylic acids is 1. The van der Waals surface area contributed by atoms with Crippen LogP contribution in [-0.4, -0.2) is 28.2 Å². The summed E-state index contributed by atoms with van der Waals surface area (Å²) < 4.78 is 0. The Labute approximate surface area is 88.4 Å². The van der Waals surface area contributed by atoms with Crippen LogP contribution >= 0.6 is 0 Å². The minimum atomic E-state index is -0.269. The van der Waals surface area contributed by atoms with Gasteiger partial charge in [0.15, 0.2) is 0 Å². The molecule has 1 atom stereocenters. The van der Waals surface area contributed by atoms with Gasteiger partial charge in [-0.05, 0) is 25.7 Å². The summed E-state index contributed by atoms with van der Waals surface area (Å²) in [6.45, 7) is 2.48. The van der Waals surface area contributed by atoms with E-state index in [-0.39, 0.29) is 11.4 Å². The first-order valence-electron chi connectivity index (χ1n) is 5.17. The van der Waals surface area contributed by atoms with E-state index in [9.17, 15) is 4.79 Å². The Balaban J connectivity index is 2.04. The zero-order chi connectivity index (χ0) is 10.9. The molecule has 0 aliphatic heterocycles. The van der Waals surface area contributed by atoms with Gasteiger partial charge in [0.2, 0.25) is 0 Å². The molecule has 0 bridgehead atoms. The molecule has 1 saturated carbocycles. The molecule has 0 aromatic carbocycles. The van der Waals surface area contributed by atoms with Gasteiger partial charge in [0.25, 0.3) is 5.91 Å². The molecule has 4 N–H and O–H groups in total. The van der Waals surface area contributed by atoms with E-state index >= 15 is 0 Å². The summed E-state index contributed by atoms with van der Waals surface area (Å²) in [6.07, 6.45) is 5.40. The SMILES string of the molecule is CC(CN)(NC(=O)c1cn[nH]c1)C1CC1. The quantitative estimate of drug-likeness (QED) is 0.664. The molecular weight excluding hydrogens is 192 g/mol. The molecule has 1 aromatic rings. The molecule has 1 amide bonds. The fraction of sp³-hybridized carbons (Fsp3) is 0.600. The first-order chi connectivity index (χ1) is 7.15. The van der Waals surface area contributed by atoms with Crippen LogP contribution in [-0.2, 0) is 0 Å². The van der Waals surface area contributed by atoms with E-state index in [4.69, 9.17) is 5.73 Å². The summed E-state index contributed by atoms with van der Waals surface area (Å²) in [6, 6.07) is 0. The van der Waals surface area contributed by atoms with Crippen molar-refractivity contribution in [3.8, 4) is 0 Å². The Bertz CT molecular complexity index is 344. The fourth-order valence-corrected chi connectivity index (χ4v) is 1.75. The Morgan fingerprint density at radius 1 is 1.80 bits per heavy atom. The number of aromatic amines is 1. The lowest BCUT2D eigenvalue weighted by molar-refractivity contribution is 0.0898. The summed E-state index contributed by atoms with van der Waals surface area (Å²) >= 11 is 0. The lowest BCUT2D eigenvalue weighted by Gasteiger charge is -2.29. The topological polar surface area (TPSA) is 83.8 Å². The van der Waals surface area contributed by atoms with Crippen molar-refractivity contribution in [3.05, 3.63) is 18.0 Å². The van der Waals surface area contributed by atoms with Crippen molar-refractivity contribution >= 4 is 5.91 Å². The molecule has 5 heteroatoms. The Morgan fingerprint density at radius 2 is 2.53 bits per heavy atom. The number of nitrogens with one attached hydrogen (secondary N) is 2. The van der Waals surface area contributed by atoms with Crippen LogP contribution in [0.25, 0.3) is 0 Å². The average Bonchev–Trinajstić information content (AvgIpc) is 2.94. The summed E-state index contributed by atoms with van der Waals surface area (Å²) in [5.41, 5.74) is 5.99. The molecule has 0 spiro atoms. The Hall–Kier alpha value is -1.36. The van der Waals surface area contributed by atoms with Gasteiger partial charge in [-0.3, -0.25) is 9.89 Å². The van der Waals surface area contributed by atoms with Gasteiger partial charge in [-0.2, -0.15) is 5.10 Å². The summed E-state index contributed by atoms with van der Waals surface area (Å²) in [5, 5.41) is 9.34. The predicted octanol–water partition coefficient (Wildman–Crippen LogP) is 0.267. The zero-order valence-electron chi connectivity index (χ0n) is 8.79. The second-order valence-electron chi connectivity index (χ2n) is 4.34. The Morgan fingerprint density at radius 3 is 3.00 bits per heavy atom. The summed E-state index contributed by atoms with van der Waals surface area (Å²) in [5.74, 6) is 0.418. The van der Waals surface area contributed by atoms with Crippen molar-refractivity contribution in [1.29, 1.82) is 0 Å². The van der Waals surface area contributed by atoms with Gasteiger partial charge in [0.05, 0.1) is 17.3 Å². The fourth-order valence-electron chi connectivity index (χ4n) is 1.75. The van der Waals surface area contributed by atoms with E-state index < -0.39 is 0 Å². The molecule has 1 aromatic heterocycles. The largest absolute Gasteiger partial charge is 0.345 e. The highest BCUT2D eigenvalue weighted by Gasteiger charge is 2.41. The number of hydrogen-bond acceptors (Lipinski definition) is 3. The number of hydrogen-bond donors (Lipinski definition) is 3. The smallest absolute Gasteiger partial charge is 0.254 e. The molecule has 0 radical (unpaired) electrons. The van der Waals surface area contributed by atoms with Gasteiger partial charge >= 0.3 is 0 Å². The van der Waals surface area contributed by atoms with Crippen LogP contribution in [0.3, 0.4) is 0 Å². The van der Waals surface area contributed by atoms with Crippen molar-refractivity contribution in [1.82, 2.24) is 15.5 Å². The van der Waals surface area contributed by atoms with E-state index in [1.807, 2.05) is 6.92 Å². The van der Waals surface area contributed by atoms with Crippen molar-refractivity contribution < 1.29 is 4.79 Å². The number of nitrogens with zero attached hydrogens (tertiary/aromatic N) is 1. The second-order valence-corrected chi connectivity index (χ2v) is 4.34. The van der Waals surface area contributed by atoms with Crippen LogP contribution in [0, 0.1) is 5.92 Å². The molecule has 2 rings (SSSR count). The predicted molar refractivity (Wildman–Crippen MR) is 56.2 cm³/mol.